The maximum atomic E-state index is 2.63. The van der Waals surface area contributed by atoms with E-state index < -0.39 is 0 Å². The van der Waals surface area contributed by atoms with E-state index in [9.17, 15) is 0 Å². The highest BCUT2D eigenvalue weighted by atomic mass is 32.1. The molecule has 0 aliphatic rings. The van der Waals surface area contributed by atoms with Crippen molar-refractivity contribution in [2.45, 2.75) is 26.3 Å². The summed E-state index contributed by atoms with van der Waals surface area (Å²) in [5.74, 6) is 0. The summed E-state index contributed by atoms with van der Waals surface area (Å²) < 4.78 is 2.63. The van der Waals surface area contributed by atoms with Gasteiger partial charge in [0.2, 0.25) is 0 Å². The average molecular weight is 552 g/mol. The predicted octanol–water partition coefficient (Wildman–Crippen LogP) is 11.5. The number of unbranched alkanes of at least 4 members (excludes halogenated alkanes) is 1. The van der Waals surface area contributed by atoms with Gasteiger partial charge in [0.15, 0.2) is 0 Å². The number of fused-ring (bicyclic) bond motifs is 3. The molecule has 2 aromatic carbocycles. The molecule has 0 spiro atoms. The van der Waals surface area contributed by atoms with Crippen molar-refractivity contribution in [2.24, 2.45) is 0 Å². The second-order valence-corrected chi connectivity index (χ2v) is 13.0. The molecule has 0 bridgehead atoms. The highest BCUT2D eigenvalue weighted by molar-refractivity contribution is 7.14. The molecular weight excluding hydrogens is 527 g/mol. The molecule has 5 heteroatoms. The number of thiophene rings is 4. The molecule has 0 N–H and O–H groups in total. The van der Waals surface area contributed by atoms with Crippen LogP contribution in [0.25, 0.3) is 63.6 Å². The van der Waals surface area contributed by atoms with Gasteiger partial charge in [0.25, 0.3) is 0 Å². The van der Waals surface area contributed by atoms with Crippen molar-refractivity contribution >= 4 is 67.2 Å². The summed E-state index contributed by atoms with van der Waals surface area (Å²) in [4.78, 5) is 5.31. The second-order valence-electron chi connectivity index (χ2n) is 9.25. The van der Waals surface area contributed by atoms with Gasteiger partial charge in [-0.15, -0.1) is 45.3 Å². The van der Waals surface area contributed by atoms with Crippen molar-refractivity contribution in [2.75, 3.05) is 0 Å². The Labute approximate surface area is 232 Å². The number of rotatable bonds is 7. The zero-order chi connectivity index (χ0) is 24.8. The van der Waals surface area contributed by atoms with Crippen molar-refractivity contribution in [3.8, 4) is 41.8 Å². The van der Waals surface area contributed by atoms with Gasteiger partial charge in [-0.05, 0) is 87.6 Å². The van der Waals surface area contributed by atoms with E-state index in [1.807, 2.05) is 45.3 Å². The van der Waals surface area contributed by atoms with Gasteiger partial charge in [-0.25, -0.2) is 0 Å². The number of nitrogens with zero attached hydrogens (tertiary/aromatic N) is 1. The number of aromatic nitrogens is 1. The summed E-state index contributed by atoms with van der Waals surface area (Å²) in [6, 6.07) is 27.4. The Morgan fingerprint density at radius 3 is 1.38 bits per heavy atom. The van der Waals surface area contributed by atoms with Crippen LogP contribution in [0.3, 0.4) is 0 Å². The fourth-order valence-electron chi connectivity index (χ4n) is 5.32. The van der Waals surface area contributed by atoms with Crippen LogP contribution in [0.2, 0.25) is 0 Å². The van der Waals surface area contributed by atoms with Crippen LogP contribution < -0.4 is 0 Å². The van der Waals surface area contributed by atoms with Crippen LogP contribution >= 0.6 is 45.3 Å². The SMILES string of the molecule is CCCCn1c2c(-c3cccs3)cc(-c3cccs3)cc2c2cc(-c3cccs3)cc(-c3cccs3)c21. The molecule has 0 atom stereocenters. The fourth-order valence-corrected chi connectivity index (χ4v) is 8.24. The van der Waals surface area contributed by atoms with E-state index in [4.69, 9.17) is 0 Å². The maximum absolute atomic E-state index is 2.63. The molecule has 5 aromatic heterocycles. The monoisotopic (exact) mass is 551 g/mol. The van der Waals surface area contributed by atoms with Crippen molar-refractivity contribution < 1.29 is 0 Å². The first-order chi connectivity index (χ1) is 18.3. The Balaban J connectivity index is 1.66. The predicted molar refractivity (Wildman–Crippen MR) is 168 cm³/mol. The molecule has 7 rings (SSSR count). The molecule has 0 fully saturated rings. The summed E-state index contributed by atoms with van der Waals surface area (Å²) in [6.45, 7) is 3.31. The van der Waals surface area contributed by atoms with Crippen molar-refractivity contribution in [3.63, 3.8) is 0 Å². The second kappa shape index (κ2) is 9.73. The van der Waals surface area contributed by atoms with Gasteiger partial charge in [0.05, 0.1) is 11.0 Å². The van der Waals surface area contributed by atoms with E-state index in [1.54, 1.807) is 0 Å². The highest BCUT2D eigenvalue weighted by Crippen LogP contribution is 2.46. The van der Waals surface area contributed by atoms with Gasteiger partial charge < -0.3 is 4.57 Å². The molecule has 0 radical (unpaired) electrons. The Morgan fingerprint density at radius 2 is 1.00 bits per heavy atom. The van der Waals surface area contributed by atoms with E-state index in [0.29, 0.717) is 0 Å². The minimum Gasteiger partial charge on any atom is -0.339 e. The minimum atomic E-state index is 1.02. The summed E-state index contributed by atoms with van der Waals surface area (Å²) >= 11 is 7.31. The Morgan fingerprint density at radius 1 is 0.568 bits per heavy atom. The van der Waals surface area contributed by atoms with Crippen LogP contribution in [0.5, 0.6) is 0 Å². The van der Waals surface area contributed by atoms with Crippen molar-refractivity contribution in [3.05, 3.63) is 94.3 Å². The van der Waals surface area contributed by atoms with Crippen molar-refractivity contribution in [1.82, 2.24) is 4.57 Å². The molecule has 0 amide bonds. The van der Waals surface area contributed by atoms with Gasteiger partial charge in [0.1, 0.15) is 0 Å². The Hall–Kier alpha value is -2.96. The minimum absolute atomic E-state index is 1.02. The molecule has 0 saturated heterocycles. The van der Waals surface area contributed by atoms with E-state index >= 15 is 0 Å². The average Bonchev–Trinajstić information content (AvgIpc) is 3.76. The summed E-state index contributed by atoms with van der Waals surface area (Å²) in [5.41, 5.74) is 8.04. The largest absolute Gasteiger partial charge is 0.339 e. The molecule has 1 nitrogen and oxygen atoms in total. The Bertz CT molecular complexity index is 1650. The zero-order valence-electron chi connectivity index (χ0n) is 20.4. The third-order valence-electron chi connectivity index (χ3n) is 6.97. The van der Waals surface area contributed by atoms with Crippen LogP contribution in [0.4, 0.5) is 0 Å². The lowest BCUT2D eigenvalue weighted by molar-refractivity contribution is 0.665. The van der Waals surface area contributed by atoms with Crippen LogP contribution in [0.15, 0.2) is 94.3 Å². The maximum Gasteiger partial charge on any atom is 0.0579 e. The van der Waals surface area contributed by atoms with E-state index in [0.717, 1.165) is 13.0 Å². The lowest BCUT2D eigenvalue weighted by Gasteiger charge is -2.13. The quantitative estimate of drug-likeness (QED) is 0.186. The van der Waals surface area contributed by atoms with Gasteiger partial charge in [-0.1, -0.05) is 37.6 Å². The summed E-state index contributed by atoms with van der Waals surface area (Å²) in [7, 11) is 0. The van der Waals surface area contributed by atoms with Gasteiger partial charge in [-0.2, -0.15) is 0 Å². The van der Waals surface area contributed by atoms with Crippen LogP contribution in [0, 0.1) is 0 Å². The lowest BCUT2D eigenvalue weighted by Crippen LogP contribution is -2.00. The summed E-state index contributed by atoms with van der Waals surface area (Å²) in [5, 5.41) is 11.5. The van der Waals surface area contributed by atoms with Gasteiger partial charge in [-0.3, -0.25) is 0 Å². The van der Waals surface area contributed by atoms with Crippen LogP contribution in [0.1, 0.15) is 19.8 Å². The molecule has 182 valence electrons. The first-order valence-corrected chi connectivity index (χ1v) is 16.1. The Kier molecular flexibility index (Phi) is 6.10. The molecule has 0 unspecified atom stereocenters. The van der Waals surface area contributed by atoms with Gasteiger partial charge in [0, 0.05) is 48.0 Å². The van der Waals surface area contributed by atoms with E-state index in [2.05, 4.69) is 106 Å². The molecule has 0 aliphatic carbocycles. The van der Waals surface area contributed by atoms with E-state index in [1.165, 1.54) is 70.0 Å². The molecule has 0 saturated carbocycles. The zero-order valence-corrected chi connectivity index (χ0v) is 23.7. The van der Waals surface area contributed by atoms with E-state index in [-0.39, 0.29) is 0 Å². The molecule has 0 aliphatic heterocycles. The standard InChI is InChI=1S/C32H25NS4/c1-2-3-12-33-31-23(17-21(27-8-4-13-34-27)19-25(31)29-10-6-15-36-29)24-18-22(28-9-5-14-35-28)20-26(32(24)33)30-11-7-16-37-30/h4-11,13-20H,2-3,12H2,1H3. The lowest BCUT2D eigenvalue weighted by atomic mass is 9.99. The number of benzene rings is 2. The molecular formula is C32H25NS4. The highest BCUT2D eigenvalue weighted by Gasteiger charge is 2.22. The van der Waals surface area contributed by atoms with Crippen molar-refractivity contribution in [1.29, 1.82) is 0 Å². The van der Waals surface area contributed by atoms with Crippen LogP contribution in [-0.2, 0) is 6.54 Å². The molecule has 5 heterocycles. The van der Waals surface area contributed by atoms with Gasteiger partial charge >= 0.3 is 0 Å². The van der Waals surface area contributed by atoms with Crippen LogP contribution in [-0.4, -0.2) is 4.57 Å². The molecule has 7 aromatic rings. The normalized spacial score (nSPS) is 11.7. The topological polar surface area (TPSA) is 4.93 Å². The summed E-state index contributed by atoms with van der Waals surface area (Å²) in [6.07, 6.45) is 2.33. The first-order valence-electron chi connectivity index (χ1n) is 12.6. The third-order valence-corrected chi connectivity index (χ3v) is 10.6. The third kappa shape index (κ3) is 4.02. The first kappa shape index (κ1) is 23.2. The molecule has 37 heavy (non-hydrogen) atoms. The number of aryl methyl sites for hydroxylation is 1. The fraction of sp³-hybridized carbons (Fsp3) is 0.125. The smallest absolute Gasteiger partial charge is 0.0579 e. The number of hydrogen-bond donors (Lipinski definition) is 0. The number of hydrogen-bond acceptors (Lipinski definition) is 4.